The first-order valence-corrected chi connectivity index (χ1v) is 7.75. The summed E-state index contributed by atoms with van der Waals surface area (Å²) in [5.74, 6) is 0.219. The van der Waals surface area contributed by atoms with Crippen LogP contribution < -0.4 is 0 Å². The van der Waals surface area contributed by atoms with Gasteiger partial charge >= 0.3 is 0 Å². The molecule has 0 aliphatic carbocycles. The average molecular weight is 294 g/mol. The van der Waals surface area contributed by atoms with Crippen molar-refractivity contribution >= 4 is 0 Å². The minimum absolute atomic E-state index is 0.156. The van der Waals surface area contributed by atoms with E-state index in [1.54, 1.807) is 7.11 Å². The van der Waals surface area contributed by atoms with Crippen LogP contribution in [-0.2, 0) is 9.47 Å². The third-order valence-electron chi connectivity index (χ3n) is 3.83. The van der Waals surface area contributed by atoms with Crippen molar-refractivity contribution in [1.82, 2.24) is 0 Å². The molecule has 1 rings (SSSR count). The molecule has 1 aliphatic rings. The van der Waals surface area contributed by atoms with E-state index in [2.05, 4.69) is 32.9 Å². The minimum Gasteiger partial charge on any atom is -0.387 e. The molecule has 0 saturated carbocycles. The molecule has 3 heteroatoms. The van der Waals surface area contributed by atoms with E-state index in [1.165, 1.54) is 11.1 Å². The van der Waals surface area contributed by atoms with Crippen LogP contribution in [0.2, 0.25) is 0 Å². The highest BCUT2D eigenvalue weighted by molar-refractivity contribution is 5.14. The second-order valence-electron chi connectivity index (χ2n) is 6.18. The number of methoxy groups -OCH3 is 1. The molecule has 0 aromatic rings. The van der Waals surface area contributed by atoms with E-state index in [0.717, 1.165) is 12.8 Å². The van der Waals surface area contributed by atoms with E-state index in [-0.39, 0.29) is 18.1 Å². The van der Waals surface area contributed by atoms with Crippen molar-refractivity contribution in [2.75, 3.05) is 13.7 Å². The van der Waals surface area contributed by atoms with Crippen LogP contribution >= 0.6 is 0 Å². The molecule has 0 aromatic heterocycles. The van der Waals surface area contributed by atoms with Crippen LogP contribution in [0.4, 0.5) is 0 Å². The molecule has 1 fully saturated rings. The summed E-state index contributed by atoms with van der Waals surface area (Å²) in [5, 5.41) is 10.2. The third-order valence-corrected chi connectivity index (χ3v) is 3.83. The molecule has 0 spiro atoms. The van der Waals surface area contributed by atoms with Gasteiger partial charge in [-0.2, -0.15) is 0 Å². The average Bonchev–Trinajstić information content (AvgIpc) is 2.41. The first-order valence-electron chi connectivity index (χ1n) is 7.75. The molecule has 1 heterocycles. The lowest BCUT2D eigenvalue weighted by atomic mass is 9.93. The zero-order chi connectivity index (χ0) is 15.8. The molecule has 0 amide bonds. The summed E-state index contributed by atoms with van der Waals surface area (Å²) in [4.78, 5) is 0. The summed E-state index contributed by atoms with van der Waals surface area (Å²) in [7, 11) is 1.64. The van der Waals surface area contributed by atoms with Crippen molar-refractivity contribution in [2.45, 2.75) is 58.8 Å². The SMILES string of the molecule is CO[C@@H]1[C@@H](O)[C@H](/C=C/C=C(\C)CCC=C(C)C)OC[C@@H]1C. The predicted octanol–water partition coefficient (Wildman–Crippen LogP) is 3.65. The van der Waals surface area contributed by atoms with Gasteiger partial charge in [0.05, 0.1) is 12.7 Å². The number of ether oxygens (including phenoxy) is 2. The summed E-state index contributed by atoms with van der Waals surface area (Å²) >= 11 is 0. The number of allylic oxidation sites excluding steroid dienone is 5. The second-order valence-corrected chi connectivity index (χ2v) is 6.18. The quantitative estimate of drug-likeness (QED) is 0.600. The van der Waals surface area contributed by atoms with Gasteiger partial charge in [0.15, 0.2) is 0 Å². The molecular weight excluding hydrogens is 264 g/mol. The number of hydrogen-bond donors (Lipinski definition) is 1. The summed E-state index contributed by atoms with van der Waals surface area (Å²) in [6, 6.07) is 0. The number of hydrogen-bond acceptors (Lipinski definition) is 3. The van der Waals surface area contributed by atoms with Crippen LogP contribution in [0.5, 0.6) is 0 Å². The van der Waals surface area contributed by atoms with E-state index in [9.17, 15) is 5.11 Å². The van der Waals surface area contributed by atoms with Gasteiger partial charge in [-0.3, -0.25) is 0 Å². The van der Waals surface area contributed by atoms with Crippen LogP contribution in [0.3, 0.4) is 0 Å². The summed E-state index contributed by atoms with van der Waals surface area (Å²) in [6.07, 6.45) is 9.33. The minimum atomic E-state index is -0.602. The highest BCUT2D eigenvalue weighted by atomic mass is 16.5. The van der Waals surface area contributed by atoms with Gasteiger partial charge in [-0.15, -0.1) is 0 Å². The Balaban J connectivity index is 2.50. The Kier molecular flexibility index (Phi) is 7.94. The van der Waals surface area contributed by atoms with Gasteiger partial charge < -0.3 is 14.6 Å². The topological polar surface area (TPSA) is 38.7 Å². The van der Waals surface area contributed by atoms with Crippen molar-refractivity contribution in [1.29, 1.82) is 0 Å². The van der Waals surface area contributed by atoms with E-state index in [1.807, 2.05) is 19.1 Å². The molecule has 120 valence electrons. The van der Waals surface area contributed by atoms with E-state index >= 15 is 0 Å². The number of aliphatic hydroxyl groups excluding tert-OH is 1. The molecule has 1 aliphatic heterocycles. The summed E-state index contributed by atoms with van der Waals surface area (Å²) in [5.41, 5.74) is 2.68. The fraction of sp³-hybridized carbons (Fsp3) is 0.667. The molecule has 0 aromatic carbocycles. The summed E-state index contributed by atoms with van der Waals surface area (Å²) in [6.45, 7) is 9.02. The lowest BCUT2D eigenvalue weighted by Gasteiger charge is -2.36. The molecule has 0 unspecified atom stereocenters. The molecule has 0 radical (unpaired) electrons. The largest absolute Gasteiger partial charge is 0.387 e. The van der Waals surface area contributed by atoms with E-state index in [0.29, 0.717) is 6.61 Å². The Morgan fingerprint density at radius 3 is 2.67 bits per heavy atom. The fourth-order valence-electron chi connectivity index (χ4n) is 2.52. The van der Waals surface area contributed by atoms with Gasteiger partial charge in [0.25, 0.3) is 0 Å². The van der Waals surface area contributed by atoms with Crippen molar-refractivity contribution in [2.24, 2.45) is 5.92 Å². The van der Waals surface area contributed by atoms with Gasteiger partial charge in [-0.1, -0.05) is 42.4 Å². The van der Waals surface area contributed by atoms with E-state index in [4.69, 9.17) is 9.47 Å². The molecule has 3 nitrogen and oxygen atoms in total. The normalized spacial score (nSPS) is 30.7. The van der Waals surface area contributed by atoms with Crippen molar-refractivity contribution < 1.29 is 14.6 Å². The maximum Gasteiger partial charge on any atom is 0.110 e. The van der Waals surface area contributed by atoms with Gasteiger partial charge in [-0.05, 0) is 33.6 Å². The Labute approximate surface area is 129 Å². The molecular formula is C18H30O3. The van der Waals surface area contributed by atoms with Gasteiger partial charge in [-0.25, -0.2) is 0 Å². The highest BCUT2D eigenvalue weighted by Gasteiger charge is 2.35. The van der Waals surface area contributed by atoms with Crippen LogP contribution in [0.15, 0.2) is 35.5 Å². The van der Waals surface area contributed by atoms with Crippen molar-refractivity contribution in [3.05, 3.63) is 35.5 Å². The highest BCUT2D eigenvalue weighted by Crippen LogP contribution is 2.23. The maximum atomic E-state index is 10.2. The first-order chi connectivity index (χ1) is 9.95. The monoisotopic (exact) mass is 294 g/mol. The Morgan fingerprint density at radius 1 is 1.33 bits per heavy atom. The van der Waals surface area contributed by atoms with E-state index < -0.39 is 6.10 Å². The van der Waals surface area contributed by atoms with Crippen LogP contribution in [-0.4, -0.2) is 37.1 Å². The first kappa shape index (κ1) is 18.1. The van der Waals surface area contributed by atoms with Gasteiger partial charge in [0.1, 0.15) is 12.2 Å². The molecule has 4 atom stereocenters. The van der Waals surface area contributed by atoms with Crippen molar-refractivity contribution in [3.8, 4) is 0 Å². The third kappa shape index (κ3) is 6.16. The smallest absolute Gasteiger partial charge is 0.110 e. The molecule has 0 bridgehead atoms. The molecule has 1 N–H and O–H groups in total. The Hall–Kier alpha value is -0.900. The zero-order valence-electron chi connectivity index (χ0n) is 14.0. The standard InChI is InChI=1S/C18H30O3/c1-13(2)8-6-9-14(3)10-7-11-16-17(19)18(20-5)15(4)12-21-16/h7-8,10-11,15-19H,6,9,12H2,1-5H3/b11-7+,14-10+/t15-,16-,17-,18-/m0/s1. The van der Waals surface area contributed by atoms with Gasteiger partial charge in [0, 0.05) is 13.0 Å². The predicted molar refractivity (Wildman–Crippen MR) is 87.3 cm³/mol. The Bertz CT molecular complexity index is 391. The fourth-order valence-corrected chi connectivity index (χ4v) is 2.52. The lowest BCUT2D eigenvalue weighted by molar-refractivity contribution is -0.155. The lowest BCUT2D eigenvalue weighted by Crippen LogP contribution is -2.49. The Morgan fingerprint density at radius 2 is 2.05 bits per heavy atom. The summed E-state index contributed by atoms with van der Waals surface area (Å²) < 4.78 is 11.0. The zero-order valence-corrected chi connectivity index (χ0v) is 14.0. The maximum absolute atomic E-state index is 10.2. The van der Waals surface area contributed by atoms with Gasteiger partial charge in [0.2, 0.25) is 0 Å². The van der Waals surface area contributed by atoms with Crippen molar-refractivity contribution in [3.63, 3.8) is 0 Å². The van der Waals surface area contributed by atoms with Crippen LogP contribution in [0, 0.1) is 5.92 Å². The van der Waals surface area contributed by atoms with Crippen LogP contribution in [0.1, 0.15) is 40.5 Å². The number of aliphatic hydroxyl groups is 1. The molecule has 1 saturated heterocycles. The number of rotatable bonds is 6. The molecule has 21 heavy (non-hydrogen) atoms. The van der Waals surface area contributed by atoms with Crippen LogP contribution in [0.25, 0.3) is 0 Å². The second kappa shape index (κ2) is 9.19.